The fourth-order valence-electron chi connectivity index (χ4n) is 2.50. The second kappa shape index (κ2) is 6.62. The van der Waals surface area contributed by atoms with Crippen LogP contribution >= 0.6 is 0 Å². The highest BCUT2D eigenvalue weighted by molar-refractivity contribution is 5.76. The molecule has 1 atom stereocenters. The maximum Gasteiger partial charge on any atom is 0.310 e. The van der Waals surface area contributed by atoms with Crippen LogP contribution in [0, 0.1) is 5.92 Å². The van der Waals surface area contributed by atoms with Crippen LogP contribution in [0.5, 0.6) is 0 Å². The summed E-state index contributed by atoms with van der Waals surface area (Å²) in [6, 6.07) is 0.313. The van der Waals surface area contributed by atoms with Crippen LogP contribution in [-0.4, -0.2) is 36.5 Å². The van der Waals surface area contributed by atoms with Gasteiger partial charge in [-0.3, -0.25) is 9.59 Å². The molecular formula is C13H23NO3. The molecule has 17 heavy (non-hydrogen) atoms. The molecular weight excluding hydrogens is 218 g/mol. The first-order valence-corrected chi connectivity index (χ1v) is 6.41. The molecule has 4 heteroatoms. The molecule has 98 valence electrons. The molecule has 1 aliphatic carbocycles. The Morgan fingerprint density at radius 2 is 1.88 bits per heavy atom. The highest BCUT2D eigenvalue weighted by Crippen LogP contribution is 2.23. The van der Waals surface area contributed by atoms with Gasteiger partial charge in [-0.15, -0.1) is 0 Å². The first kappa shape index (κ1) is 14.0. The Morgan fingerprint density at radius 3 is 2.35 bits per heavy atom. The van der Waals surface area contributed by atoms with Gasteiger partial charge in [-0.2, -0.15) is 0 Å². The van der Waals surface area contributed by atoms with Crippen LogP contribution in [0.4, 0.5) is 0 Å². The SMILES string of the molecule is COC(=O)C(C)CN(C(C)=O)C1CCCCC1. The van der Waals surface area contributed by atoms with Gasteiger partial charge in [0.15, 0.2) is 0 Å². The quantitative estimate of drug-likeness (QED) is 0.707. The van der Waals surface area contributed by atoms with Gasteiger partial charge in [0.05, 0.1) is 13.0 Å². The maximum atomic E-state index is 11.7. The zero-order chi connectivity index (χ0) is 12.8. The number of carbonyl (C=O) groups excluding carboxylic acids is 2. The number of esters is 1. The van der Waals surface area contributed by atoms with E-state index in [1.165, 1.54) is 26.4 Å². The van der Waals surface area contributed by atoms with Crippen LogP contribution in [0.2, 0.25) is 0 Å². The number of hydrogen-bond donors (Lipinski definition) is 0. The van der Waals surface area contributed by atoms with Gasteiger partial charge in [0.25, 0.3) is 0 Å². The van der Waals surface area contributed by atoms with Gasteiger partial charge in [-0.1, -0.05) is 26.2 Å². The van der Waals surface area contributed by atoms with E-state index in [1.54, 1.807) is 6.92 Å². The standard InChI is InChI=1S/C13H23NO3/c1-10(13(16)17-3)9-14(11(2)15)12-7-5-4-6-8-12/h10,12H,4-9H2,1-3H3. The molecule has 0 aromatic rings. The van der Waals surface area contributed by atoms with E-state index in [1.807, 2.05) is 11.8 Å². The van der Waals surface area contributed by atoms with Crippen molar-refractivity contribution in [3.8, 4) is 0 Å². The van der Waals surface area contributed by atoms with E-state index in [0.29, 0.717) is 12.6 Å². The monoisotopic (exact) mass is 241 g/mol. The molecule has 1 fully saturated rings. The summed E-state index contributed by atoms with van der Waals surface area (Å²) in [6.45, 7) is 3.87. The fourth-order valence-corrected chi connectivity index (χ4v) is 2.50. The minimum Gasteiger partial charge on any atom is -0.469 e. The van der Waals surface area contributed by atoms with Crippen LogP contribution in [0.15, 0.2) is 0 Å². The number of carbonyl (C=O) groups is 2. The number of hydrogen-bond acceptors (Lipinski definition) is 3. The Morgan fingerprint density at radius 1 is 1.29 bits per heavy atom. The van der Waals surface area contributed by atoms with Crippen molar-refractivity contribution >= 4 is 11.9 Å². The number of amides is 1. The Balaban J connectivity index is 2.59. The Labute approximate surface area is 103 Å². The maximum absolute atomic E-state index is 11.7. The zero-order valence-corrected chi connectivity index (χ0v) is 11.1. The van der Waals surface area contributed by atoms with Crippen LogP contribution in [0.25, 0.3) is 0 Å². The van der Waals surface area contributed by atoms with E-state index < -0.39 is 0 Å². The normalized spacial score (nSPS) is 18.5. The summed E-state index contributed by atoms with van der Waals surface area (Å²) >= 11 is 0. The number of ether oxygens (including phenoxy) is 1. The molecule has 0 aliphatic heterocycles. The van der Waals surface area contributed by atoms with Gasteiger partial charge in [0.1, 0.15) is 0 Å². The first-order valence-electron chi connectivity index (χ1n) is 6.41. The topological polar surface area (TPSA) is 46.6 Å². The summed E-state index contributed by atoms with van der Waals surface area (Å²) in [7, 11) is 1.39. The van der Waals surface area contributed by atoms with Crippen LogP contribution in [0.1, 0.15) is 46.0 Å². The first-order chi connectivity index (χ1) is 8.06. The molecule has 1 aliphatic rings. The molecule has 1 unspecified atom stereocenters. The zero-order valence-electron chi connectivity index (χ0n) is 11.1. The molecule has 0 N–H and O–H groups in total. The average Bonchev–Trinajstić information content (AvgIpc) is 2.35. The van der Waals surface area contributed by atoms with Gasteiger partial charge in [-0.25, -0.2) is 0 Å². The summed E-state index contributed by atoms with van der Waals surface area (Å²) in [5.41, 5.74) is 0. The summed E-state index contributed by atoms with van der Waals surface area (Å²) < 4.78 is 4.70. The lowest BCUT2D eigenvalue weighted by Gasteiger charge is -2.34. The summed E-state index contributed by atoms with van der Waals surface area (Å²) in [5.74, 6) is -0.425. The van der Waals surface area contributed by atoms with E-state index in [-0.39, 0.29) is 17.8 Å². The molecule has 0 aromatic heterocycles. The molecule has 0 bridgehead atoms. The molecule has 0 radical (unpaired) electrons. The van der Waals surface area contributed by atoms with Crippen LogP contribution < -0.4 is 0 Å². The van der Waals surface area contributed by atoms with Crippen molar-refractivity contribution in [3.05, 3.63) is 0 Å². The molecule has 0 heterocycles. The predicted molar refractivity (Wildman–Crippen MR) is 65.4 cm³/mol. The second-order valence-corrected chi connectivity index (χ2v) is 4.89. The number of rotatable bonds is 4. The van der Waals surface area contributed by atoms with Gasteiger partial charge >= 0.3 is 5.97 Å². The third kappa shape index (κ3) is 4.02. The van der Waals surface area contributed by atoms with Gasteiger partial charge < -0.3 is 9.64 Å². The lowest BCUT2D eigenvalue weighted by molar-refractivity contribution is -0.147. The Hall–Kier alpha value is -1.06. The minimum absolute atomic E-state index is 0.0626. The third-order valence-corrected chi connectivity index (χ3v) is 3.49. The van der Waals surface area contributed by atoms with E-state index in [4.69, 9.17) is 4.74 Å². The molecule has 0 aromatic carbocycles. The average molecular weight is 241 g/mol. The summed E-state index contributed by atoms with van der Waals surface area (Å²) in [5, 5.41) is 0. The van der Waals surface area contributed by atoms with Crippen LogP contribution in [0.3, 0.4) is 0 Å². The highest BCUT2D eigenvalue weighted by atomic mass is 16.5. The fraction of sp³-hybridized carbons (Fsp3) is 0.846. The summed E-state index contributed by atoms with van der Waals surface area (Å²) in [4.78, 5) is 24.9. The smallest absolute Gasteiger partial charge is 0.310 e. The van der Waals surface area contributed by atoms with E-state index in [2.05, 4.69) is 0 Å². The van der Waals surface area contributed by atoms with Crippen LogP contribution in [-0.2, 0) is 14.3 Å². The van der Waals surface area contributed by atoms with Crippen molar-refractivity contribution in [1.82, 2.24) is 4.90 Å². The third-order valence-electron chi connectivity index (χ3n) is 3.49. The Kier molecular flexibility index (Phi) is 5.45. The number of nitrogens with zero attached hydrogens (tertiary/aromatic N) is 1. The molecule has 0 spiro atoms. The molecule has 1 saturated carbocycles. The largest absolute Gasteiger partial charge is 0.469 e. The van der Waals surface area contributed by atoms with Gasteiger partial charge in [-0.05, 0) is 12.8 Å². The predicted octanol–water partition coefficient (Wildman–Crippen LogP) is 1.98. The van der Waals surface area contributed by atoms with Crippen molar-refractivity contribution < 1.29 is 14.3 Å². The van der Waals surface area contributed by atoms with Gasteiger partial charge in [0, 0.05) is 19.5 Å². The highest BCUT2D eigenvalue weighted by Gasteiger charge is 2.26. The minimum atomic E-state index is -0.245. The second-order valence-electron chi connectivity index (χ2n) is 4.89. The molecule has 0 saturated heterocycles. The van der Waals surface area contributed by atoms with Crippen molar-refractivity contribution in [2.45, 2.75) is 52.0 Å². The van der Waals surface area contributed by atoms with Crippen molar-refractivity contribution in [3.63, 3.8) is 0 Å². The van der Waals surface area contributed by atoms with Crippen molar-refractivity contribution in [2.75, 3.05) is 13.7 Å². The van der Waals surface area contributed by atoms with E-state index >= 15 is 0 Å². The molecule has 4 nitrogen and oxygen atoms in total. The Bertz CT molecular complexity index is 272. The summed E-state index contributed by atoms with van der Waals surface area (Å²) in [6.07, 6.45) is 5.75. The lowest BCUT2D eigenvalue weighted by Crippen LogP contribution is -2.44. The van der Waals surface area contributed by atoms with E-state index in [0.717, 1.165) is 12.8 Å². The number of methoxy groups -OCH3 is 1. The van der Waals surface area contributed by atoms with Gasteiger partial charge in [0.2, 0.25) is 5.91 Å². The van der Waals surface area contributed by atoms with E-state index in [9.17, 15) is 9.59 Å². The lowest BCUT2D eigenvalue weighted by atomic mass is 9.93. The van der Waals surface area contributed by atoms with Crippen molar-refractivity contribution in [2.24, 2.45) is 5.92 Å². The molecule has 1 rings (SSSR count). The van der Waals surface area contributed by atoms with Crippen molar-refractivity contribution in [1.29, 1.82) is 0 Å². The molecule has 1 amide bonds.